The first kappa shape index (κ1) is 15.8. The number of amides is 1. The Bertz CT molecular complexity index is 481. The molecule has 0 bridgehead atoms. The van der Waals surface area contributed by atoms with Crippen molar-refractivity contribution in [3.8, 4) is 5.75 Å². The van der Waals surface area contributed by atoms with E-state index in [1.165, 1.54) is 0 Å². The number of hydrogen-bond donors (Lipinski definition) is 1. The van der Waals surface area contributed by atoms with Crippen LogP contribution >= 0.6 is 0 Å². The molecule has 1 N–H and O–H groups in total. The van der Waals surface area contributed by atoms with Gasteiger partial charge in [0.2, 0.25) is 5.91 Å². The second kappa shape index (κ2) is 6.94. The zero-order valence-electron chi connectivity index (χ0n) is 13.1. The van der Waals surface area contributed by atoms with Crippen LogP contribution in [-0.4, -0.2) is 25.7 Å². The van der Waals surface area contributed by atoms with Crippen molar-refractivity contribution in [1.82, 2.24) is 0 Å². The SMILES string of the molecule is COc1cccc(NC(=O)C(C)(C)CCCCC2CO2)c1. The highest BCUT2D eigenvalue weighted by molar-refractivity contribution is 5.94. The molecule has 21 heavy (non-hydrogen) atoms. The fourth-order valence-corrected chi connectivity index (χ4v) is 2.29. The number of methoxy groups -OCH3 is 1. The van der Waals surface area contributed by atoms with E-state index < -0.39 is 0 Å². The number of epoxide rings is 1. The molecular weight excluding hydrogens is 266 g/mol. The lowest BCUT2D eigenvalue weighted by Crippen LogP contribution is -2.30. The van der Waals surface area contributed by atoms with Gasteiger partial charge >= 0.3 is 0 Å². The maximum Gasteiger partial charge on any atom is 0.230 e. The van der Waals surface area contributed by atoms with E-state index in [4.69, 9.17) is 9.47 Å². The summed E-state index contributed by atoms with van der Waals surface area (Å²) in [6, 6.07) is 7.44. The lowest BCUT2D eigenvalue weighted by atomic mass is 9.85. The van der Waals surface area contributed by atoms with Crippen molar-refractivity contribution in [3.63, 3.8) is 0 Å². The average molecular weight is 291 g/mol. The first-order valence-electron chi connectivity index (χ1n) is 7.58. The van der Waals surface area contributed by atoms with Crippen LogP contribution < -0.4 is 10.1 Å². The molecule has 1 aromatic rings. The summed E-state index contributed by atoms with van der Waals surface area (Å²) in [5.41, 5.74) is 0.409. The molecule has 1 aromatic carbocycles. The van der Waals surface area contributed by atoms with E-state index in [2.05, 4.69) is 5.32 Å². The van der Waals surface area contributed by atoms with Gasteiger partial charge in [-0.25, -0.2) is 0 Å². The largest absolute Gasteiger partial charge is 0.497 e. The average Bonchev–Trinajstić information content (AvgIpc) is 3.28. The van der Waals surface area contributed by atoms with E-state index in [0.717, 1.165) is 43.7 Å². The van der Waals surface area contributed by atoms with Crippen LogP contribution in [0.5, 0.6) is 5.75 Å². The van der Waals surface area contributed by atoms with Crippen LogP contribution in [0.15, 0.2) is 24.3 Å². The maximum absolute atomic E-state index is 12.4. The van der Waals surface area contributed by atoms with Crippen LogP contribution in [0.2, 0.25) is 0 Å². The highest BCUT2D eigenvalue weighted by Crippen LogP contribution is 2.28. The van der Waals surface area contributed by atoms with Crippen LogP contribution in [-0.2, 0) is 9.53 Å². The van der Waals surface area contributed by atoms with Crippen molar-refractivity contribution < 1.29 is 14.3 Å². The van der Waals surface area contributed by atoms with Gasteiger partial charge < -0.3 is 14.8 Å². The van der Waals surface area contributed by atoms with Gasteiger partial charge in [-0.1, -0.05) is 32.8 Å². The molecule has 2 rings (SSSR count). The van der Waals surface area contributed by atoms with Crippen molar-refractivity contribution in [2.45, 2.75) is 45.6 Å². The van der Waals surface area contributed by atoms with Crippen molar-refractivity contribution >= 4 is 11.6 Å². The van der Waals surface area contributed by atoms with E-state index in [1.807, 2.05) is 38.1 Å². The zero-order chi connectivity index (χ0) is 15.3. The second-order valence-corrected chi connectivity index (χ2v) is 6.27. The number of nitrogens with one attached hydrogen (secondary N) is 1. The summed E-state index contributed by atoms with van der Waals surface area (Å²) < 4.78 is 10.4. The standard InChI is InChI=1S/C17H25NO3/c1-17(2,10-5-4-8-15-12-21-15)16(19)18-13-7-6-9-14(11-13)20-3/h6-7,9,11,15H,4-5,8,10,12H2,1-3H3,(H,18,19). The Labute approximate surface area is 126 Å². The van der Waals surface area contributed by atoms with Crippen molar-refractivity contribution in [2.24, 2.45) is 5.41 Å². The Morgan fingerprint density at radius 2 is 2.19 bits per heavy atom. The quantitative estimate of drug-likeness (QED) is 0.588. The monoisotopic (exact) mass is 291 g/mol. The molecule has 1 heterocycles. The van der Waals surface area contributed by atoms with Crippen LogP contribution in [0, 0.1) is 5.41 Å². The smallest absolute Gasteiger partial charge is 0.230 e. The minimum Gasteiger partial charge on any atom is -0.497 e. The topological polar surface area (TPSA) is 50.9 Å². The second-order valence-electron chi connectivity index (χ2n) is 6.27. The molecule has 4 heteroatoms. The normalized spacial score (nSPS) is 17.4. The highest BCUT2D eigenvalue weighted by atomic mass is 16.6. The van der Waals surface area contributed by atoms with Gasteiger partial charge in [-0.2, -0.15) is 0 Å². The van der Waals surface area contributed by atoms with Gasteiger partial charge in [0.1, 0.15) is 5.75 Å². The number of unbranched alkanes of at least 4 members (excludes halogenated alkanes) is 1. The van der Waals surface area contributed by atoms with Crippen LogP contribution in [0.4, 0.5) is 5.69 Å². The molecule has 1 unspecified atom stereocenters. The lowest BCUT2D eigenvalue weighted by molar-refractivity contribution is -0.124. The first-order chi connectivity index (χ1) is 10.0. The van der Waals surface area contributed by atoms with Gasteiger partial charge in [-0.3, -0.25) is 4.79 Å². The molecule has 1 aliphatic rings. The molecule has 1 fully saturated rings. The third-order valence-electron chi connectivity index (χ3n) is 3.92. The third-order valence-corrected chi connectivity index (χ3v) is 3.92. The van der Waals surface area contributed by atoms with E-state index in [-0.39, 0.29) is 11.3 Å². The maximum atomic E-state index is 12.4. The Hall–Kier alpha value is -1.55. The van der Waals surface area contributed by atoms with Gasteiger partial charge in [-0.05, 0) is 25.0 Å². The molecule has 0 spiro atoms. The van der Waals surface area contributed by atoms with Gasteiger partial charge in [0.05, 0.1) is 19.8 Å². The Kier molecular flexibility index (Phi) is 5.23. The number of carbonyl (C=O) groups is 1. The summed E-state index contributed by atoms with van der Waals surface area (Å²) in [6.07, 6.45) is 4.67. The number of ether oxygens (including phenoxy) is 2. The lowest BCUT2D eigenvalue weighted by Gasteiger charge is -2.23. The van der Waals surface area contributed by atoms with Crippen molar-refractivity contribution in [1.29, 1.82) is 0 Å². The summed E-state index contributed by atoms with van der Waals surface area (Å²) in [6.45, 7) is 4.91. The van der Waals surface area contributed by atoms with Gasteiger partial charge in [0, 0.05) is 17.2 Å². The molecule has 116 valence electrons. The van der Waals surface area contributed by atoms with E-state index in [0.29, 0.717) is 6.10 Å². The summed E-state index contributed by atoms with van der Waals surface area (Å²) >= 11 is 0. The minimum atomic E-state index is -0.368. The molecule has 0 saturated carbocycles. The fraction of sp³-hybridized carbons (Fsp3) is 0.588. The summed E-state index contributed by atoms with van der Waals surface area (Å²) in [7, 11) is 1.62. The number of rotatable bonds is 8. The van der Waals surface area contributed by atoms with Gasteiger partial charge in [0.15, 0.2) is 0 Å². The fourth-order valence-electron chi connectivity index (χ4n) is 2.29. The Balaban J connectivity index is 1.81. The number of carbonyl (C=O) groups excluding carboxylic acids is 1. The van der Waals surface area contributed by atoms with E-state index in [1.54, 1.807) is 7.11 Å². The summed E-state index contributed by atoms with van der Waals surface area (Å²) in [5.74, 6) is 0.800. The highest BCUT2D eigenvalue weighted by Gasteiger charge is 2.28. The zero-order valence-corrected chi connectivity index (χ0v) is 13.1. The van der Waals surface area contributed by atoms with Gasteiger partial charge in [0.25, 0.3) is 0 Å². The van der Waals surface area contributed by atoms with Crippen LogP contribution in [0.1, 0.15) is 39.5 Å². The van der Waals surface area contributed by atoms with Crippen molar-refractivity contribution in [2.75, 3.05) is 19.0 Å². The Morgan fingerprint density at radius 1 is 1.43 bits per heavy atom. The predicted molar refractivity (Wildman–Crippen MR) is 83.6 cm³/mol. The predicted octanol–water partition coefficient (Wildman–Crippen LogP) is 3.62. The van der Waals surface area contributed by atoms with Crippen molar-refractivity contribution in [3.05, 3.63) is 24.3 Å². The molecule has 1 aliphatic heterocycles. The molecule has 0 aliphatic carbocycles. The third kappa shape index (κ3) is 5.05. The minimum absolute atomic E-state index is 0.0541. The molecule has 1 saturated heterocycles. The molecule has 1 atom stereocenters. The summed E-state index contributed by atoms with van der Waals surface area (Å²) in [4.78, 5) is 12.4. The number of hydrogen-bond acceptors (Lipinski definition) is 3. The van der Waals surface area contributed by atoms with E-state index in [9.17, 15) is 4.79 Å². The Morgan fingerprint density at radius 3 is 2.86 bits per heavy atom. The van der Waals surface area contributed by atoms with E-state index >= 15 is 0 Å². The van der Waals surface area contributed by atoms with Crippen LogP contribution in [0.3, 0.4) is 0 Å². The molecular formula is C17H25NO3. The molecule has 1 amide bonds. The number of benzene rings is 1. The van der Waals surface area contributed by atoms with Crippen LogP contribution in [0.25, 0.3) is 0 Å². The van der Waals surface area contributed by atoms with Gasteiger partial charge in [-0.15, -0.1) is 0 Å². The first-order valence-corrected chi connectivity index (χ1v) is 7.58. The molecule has 0 aromatic heterocycles. The number of anilines is 1. The summed E-state index contributed by atoms with van der Waals surface area (Å²) in [5, 5.41) is 2.98. The molecule has 4 nitrogen and oxygen atoms in total. The molecule has 0 radical (unpaired) electrons.